The Morgan fingerprint density at radius 1 is 0.722 bits per heavy atom. The van der Waals surface area contributed by atoms with E-state index in [4.69, 9.17) is 0 Å². The van der Waals surface area contributed by atoms with Gasteiger partial charge in [-0.25, -0.2) is 0 Å². The summed E-state index contributed by atoms with van der Waals surface area (Å²) in [6.45, 7) is 8.02. The molecule has 0 fully saturated rings. The number of aliphatic hydroxyl groups is 1. The zero-order valence-corrected chi connectivity index (χ0v) is 11.5. The van der Waals surface area contributed by atoms with Crippen molar-refractivity contribution < 1.29 is 5.11 Å². The Bertz CT molecular complexity index is 530. The first kappa shape index (κ1) is 12.8. The summed E-state index contributed by atoms with van der Waals surface area (Å²) >= 11 is 0. The third-order valence-electron chi connectivity index (χ3n) is 3.40. The molecule has 0 saturated heterocycles. The fourth-order valence-corrected chi connectivity index (χ4v) is 2.30. The fraction of sp³-hybridized carbons (Fsp3) is 0.294. The lowest BCUT2D eigenvalue weighted by atomic mass is 9.86. The summed E-state index contributed by atoms with van der Waals surface area (Å²) < 4.78 is 0. The van der Waals surface area contributed by atoms with E-state index in [9.17, 15) is 5.11 Å². The quantitative estimate of drug-likeness (QED) is 0.845. The zero-order chi connectivity index (χ0) is 13.3. The van der Waals surface area contributed by atoms with Gasteiger partial charge in [0.25, 0.3) is 0 Å². The standard InChI is InChI=1S/C17H20O/c1-12-5-7-15(8-6-12)17(4,18)16-10-13(2)9-14(3)11-16/h5-11,18H,1-4H3. The number of benzene rings is 2. The van der Waals surface area contributed by atoms with Crippen LogP contribution in [0.15, 0.2) is 42.5 Å². The van der Waals surface area contributed by atoms with Gasteiger partial charge in [-0.05, 0) is 38.8 Å². The van der Waals surface area contributed by atoms with E-state index in [0.717, 1.165) is 11.1 Å². The molecule has 2 rings (SSSR count). The molecule has 1 atom stereocenters. The molecule has 1 unspecified atom stereocenters. The molecule has 0 heterocycles. The van der Waals surface area contributed by atoms with Gasteiger partial charge in [0.15, 0.2) is 0 Å². The predicted molar refractivity (Wildman–Crippen MR) is 75.8 cm³/mol. The molecule has 1 N–H and O–H groups in total. The van der Waals surface area contributed by atoms with Crippen LogP contribution < -0.4 is 0 Å². The van der Waals surface area contributed by atoms with E-state index in [0.29, 0.717) is 0 Å². The SMILES string of the molecule is Cc1ccc(C(C)(O)c2cc(C)cc(C)c2)cc1. The highest BCUT2D eigenvalue weighted by Gasteiger charge is 2.25. The molecule has 0 radical (unpaired) electrons. The van der Waals surface area contributed by atoms with Crippen molar-refractivity contribution in [2.75, 3.05) is 0 Å². The minimum atomic E-state index is -0.940. The van der Waals surface area contributed by atoms with Crippen LogP contribution in [0.2, 0.25) is 0 Å². The summed E-state index contributed by atoms with van der Waals surface area (Å²) in [6, 6.07) is 14.3. The highest BCUT2D eigenvalue weighted by atomic mass is 16.3. The maximum Gasteiger partial charge on any atom is 0.112 e. The number of hydrogen-bond donors (Lipinski definition) is 1. The molecule has 2 aromatic carbocycles. The van der Waals surface area contributed by atoms with Crippen LogP contribution in [-0.4, -0.2) is 5.11 Å². The van der Waals surface area contributed by atoms with Crippen molar-refractivity contribution in [1.29, 1.82) is 0 Å². The highest BCUT2D eigenvalue weighted by molar-refractivity contribution is 5.40. The molecule has 0 aliphatic rings. The second-order valence-corrected chi connectivity index (χ2v) is 5.31. The van der Waals surface area contributed by atoms with E-state index in [-0.39, 0.29) is 0 Å². The van der Waals surface area contributed by atoms with Crippen molar-refractivity contribution >= 4 is 0 Å². The molecule has 1 nitrogen and oxygen atoms in total. The smallest absolute Gasteiger partial charge is 0.112 e. The molecule has 94 valence electrons. The topological polar surface area (TPSA) is 20.2 Å². The number of rotatable bonds is 2. The molecular formula is C17H20O. The largest absolute Gasteiger partial charge is 0.381 e. The molecule has 0 saturated carbocycles. The van der Waals surface area contributed by atoms with E-state index < -0.39 is 5.60 Å². The fourth-order valence-electron chi connectivity index (χ4n) is 2.30. The van der Waals surface area contributed by atoms with Crippen LogP contribution in [0.3, 0.4) is 0 Å². The van der Waals surface area contributed by atoms with Gasteiger partial charge in [-0.2, -0.15) is 0 Å². The first-order valence-corrected chi connectivity index (χ1v) is 6.28. The number of hydrogen-bond acceptors (Lipinski definition) is 1. The van der Waals surface area contributed by atoms with Gasteiger partial charge in [-0.15, -0.1) is 0 Å². The average molecular weight is 240 g/mol. The normalized spacial score (nSPS) is 14.3. The summed E-state index contributed by atoms with van der Waals surface area (Å²) in [5.74, 6) is 0. The Morgan fingerprint density at radius 3 is 1.72 bits per heavy atom. The summed E-state index contributed by atoms with van der Waals surface area (Å²) in [6.07, 6.45) is 0. The minimum Gasteiger partial charge on any atom is -0.381 e. The maximum atomic E-state index is 10.8. The lowest BCUT2D eigenvalue weighted by Crippen LogP contribution is -2.23. The number of aryl methyl sites for hydroxylation is 3. The van der Waals surface area contributed by atoms with E-state index in [1.54, 1.807) is 0 Å². The van der Waals surface area contributed by atoms with Gasteiger partial charge < -0.3 is 5.11 Å². The van der Waals surface area contributed by atoms with Crippen molar-refractivity contribution in [3.8, 4) is 0 Å². The summed E-state index contributed by atoms with van der Waals surface area (Å²) in [5, 5.41) is 10.8. The van der Waals surface area contributed by atoms with Crippen LogP contribution >= 0.6 is 0 Å². The van der Waals surface area contributed by atoms with Gasteiger partial charge in [-0.1, -0.05) is 59.2 Å². The molecular weight excluding hydrogens is 220 g/mol. The van der Waals surface area contributed by atoms with Crippen molar-refractivity contribution in [3.05, 3.63) is 70.3 Å². The highest BCUT2D eigenvalue weighted by Crippen LogP contribution is 2.30. The minimum absolute atomic E-state index is 0.929. The van der Waals surface area contributed by atoms with E-state index in [1.165, 1.54) is 16.7 Å². The Labute approximate surface area is 109 Å². The van der Waals surface area contributed by atoms with E-state index in [1.807, 2.05) is 43.3 Å². The molecule has 2 aromatic rings. The zero-order valence-electron chi connectivity index (χ0n) is 11.5. The molecule has 0 aliphatic carbocycles. The molecule has 1 heteroatoms. The molecule has 0 amide bonds. The molecule has 0 spiro atoms. The van der Waals surface area contributed by atoms with Crippen LogP contribution in [0.5, 0.6) is 0 Å². The molecule has 18 heavy (non-hydrogen) atoms. The van der Waals surface area contributed by atoms with Crippen molar-refractivity contribution in [2.24, 2.45) is 0 Å². The van der Waals surface area contributed by atoms with Gasteiger partial charge in [0.05, 0.1) is 0 Å². The van der Waals surface area contributed by atoms with Crippen molar-refractivity contribution in [2.45, 2.75) is 33.3 Å². The van der Waals surface area contributed by atoms with Crippen LogP contribution in [0.1, 0.15) is 34.7 Å². The Kier molecular flexibility index (Phi) is 3.27. The molecule has 0 aromatic heterocycles. The van der Waals surface area contributed by atoms with Crippen LogP contribution in [0.25, 0.3) is 0 Å². The van der Waals surface area contributed by atoms with Gasteiger partial charge in [0.1, 0.15) is 5.60 Å². The summed E-state index contributed by atoms with van der Waals surface area (Å²) in [7, 11) is 0. The maximum absolute atomic E-state index is 10.8. The summed E-state index contributed by atoms with van der Waals surface area (Å²) in [4.78, 5) is 0. The van der Waals surface area contributed by atoms with Crippen molar-refractivity contribution in [1.82, 2.24) is 0 Å². The van der Waals surface area contributed by atoms with Crippen molar-refractivity contribution in [3.63, 3.8) is 0 Å². The van der Waals surface area contributed by atoms with Gasteiger partial charge in [0, 0.05) is 0 Å². The average Bonchev–Trinajstić information content (AvgIpc) is 2.28. The Hall–Kier alpha value is -1.60. The Balaban J connectivity index is 2.49. The van der Waals surface area contributed by atoms with Crippen LogP contribution in [0.4, 0.5) is 0 Å². The predicted octanol–water partition coefficient (Wildman–Crippen LogP) is 3.87. The van der Waals surface area contributed by atoms with Gasteiger partial charge in [0.2, 0.25) is 0 Å². The first-order valence-electron chi connectivity index (χ1n) is 6.28. The van der Waals surface area contributed by atoms with Crippen LogP contribution in [0, 0.1) is 20.8 Å². The second-order valence-electron chi connectivity index (χ2n) is 5.31. The lowest BCUT2D eigenvalue weighted by molar-refractivity contribution is 0.102. The third kappa shape index (κ3) is 2.46. The monoisotopic (exact) mass is 240 g/mol. The lowest BCUT2D eigenvalue weighted by Gasteiger charge is -2.25. The first-order chi connectivity index (χ1) is 8.39. The molecule has 0 bridgehead atoms. The third-order valence-corrected chi connectivity index (χ3v) is 3.40. The van der Waals surface area contributed by atoms with E-state index >= 15 is 0 Å². The van der Waals surface area contributed by atoms with Gasteiger partial charge in [-0.3, -0.25) is 0 Å². The van der Waals surface area contributed by atoms with Gasteiger partial charge >= 0.3 is 0 Å². The molecule has 0 aliphatic heterocycles. The second kappa shape index (κ2) is 4.58. The Morgan fingerprint density at radius 2 is 1.22 bits per heavy atom. The summed E-state index contributed by atoms with van der Waals surface area (Å²) in [5.41, 5.74) is 4.50. The van der Waals surface area contributed by atoms with E-state index in [2.05, 4.69) is 26.8 Å². The van der Waals surface area contributed by atoms with Crippen LogP contribution in [-0.2, 0) is 5.60 Å².